The van der Waals surface area contributed by atoms with E-state index < -0.39 is 0 Å². The van der Waals surface area contributed by atoms with Crippen molar-refractivity contribution in [2.75, 3.05) is 31.1 Å². The Bertz CT molecular complexity index is 1310. The summed E-state index contributed by atoms with van der Waals surface area (Å²) in [7, 11) is 0. The van der Waals surface area contributed by atoms with Crippen molar-refractivity contribution in [1.82, 2.24) is 13.9 Å². The van der Waals surface area contributed by atoms with Gasteiger partial charge in [0.15, 0.2) is 0 Å². The van der Waals surface area contributed by atoms with Crippen molar-refractivity contribution < 1.29 is 4.79 Å². The Morgan fingerprint density at radius 1 is 0.806 bits per heavy atom. The summed E-state index contributed by atoms with van der Waals surface area (Å²) >= 11 is 5.95. The predicted molar refractivity (Wildman–Crippen MR) is 124 cm³/mol. The maximum Gasteiger partial charge on any atom is 0.275 e. The van der Waals surface area contributed by atoms with Crippen molar-refractivity contribution in [2.45, 2.75) is 13.0 Å². The lowest BCUT2D eigenvalue weighted by Crippen LogP contribution is -2.50. The van der Waals surface area contributed by atoms with Crippen LogP contribution >= 0.6 is 11.6 Å². The zero-order valence-corrected chi connectivity index (χ0v) is 17.8. The largest absolute Gasteiger partial charge is 0.310 e. The molecule has 2 aromatic heterocycles. The van der Waals surface area contributed by atoms with Crippen LogP contribution in [-0.2, 0) is 11.3 Å². The number of hydrogen-bond acceptors (Lipinski definition) is 3. The molecule has 1 aliphatic heterocycles. The van der Waals surface area contributed by atoms with Crippen LogP contribution in [0.4, 0.5) is 5.69 Å². The summed E-state index contributed by atoms with van der Waals surface area (Å²) in [6.45, 7) is 3.23. The normalized spacial score (nSPS) is 15.3. The average Bonchev–Trinajstić information content (AvgIpc) is 3.28. The summed E-state index contributed by atoms with van der Waals surface area (Å²) < 4.78 is 3.80. The zero-order chi connectivity index (χ0) is 21.4. The van der Waals surface area contributed by atoms with Gasteiger partial charge in [0, 0.05) is 43.1 Å². The number of fused-ring (bicyclic) bond motifs is 3. The van der Waals surface area contributed by atoms with Crippen LogP contribution < -0.4 is 10.5 Å². The Balaban J connectivity index is 1.27. The van der Waals surface area contributed by atoms with E-state index in [1.165, 1.54) is 0 Å². The first-order valence-corrected chi connectivity index (χ1v) is 10.9. The average molecular weight is 435 g/mol. The van der Waals surface area contributed by atoms with Gasteiger partial charge in [0.1, 0.15) is 5.52 Å². The standard InChI is InChI=1S/C24H23ClN4O2/c25-18-8-10-19(11-9-18)27-16-15-26(17-23(27)30)12-4-14-29-21-6-2-1-5-20(21)28-13-3-7-22(28)24(29)31/h1-3,5-11,13H,4,12,14-17H2. The van der Waals surface area contributed by atoms with Gasteiger partial charge in [-0.05, 0) is 55.0 Å². The third-order valence-corrected chi connectivity index (χ3v) is 6.19. The highest BCUT2D eigenvalue weighted by molar-refractivity contribution is 6.30. The molecule has 1 saturated heterocycles. The summed E-state index contributed by atoms with van der Waals surface area (Å²) in [5, 5.41) is 0.663. The molecule has 1 aliphatic rings. The molecule has 6 nitrogen and oxygen atoms in total. The number of carbonyl (C=O) groups excluding carboxylic acids is 1. The summed E-state index contributed by atoms with van der Waals surface area (Å²) in [5.41, 5.74) is 3.54. The third-order valence-electron chi connectivity index (χ3n) is 5.94. The molecule has 7 heteroatoms. The number of hydrogen-bond donors (Lipinski definition) is 0. The Kier molecular flexibility index (Phi) is 5.26. The van der Waals surface area contributed by atoms with Crippen LogP contribution in [0.1, 0.15) is 6.42 Å². The number of aromatic nitrogens is 2. The fourth-order valence-electron chi connectivity index (χ4n) is 4.39. The van der Waals surface area contributed by atoms with E-state index in [2.05, 4.69) is 4.90 Å². The molecule has 4 aromatic rings. The van der Waals surface area contributed by atoms with E-state index in [0.29, 0.717) is 30.2 Å². The molecular weight excluding hydrogens is 412 g/mol. The first-order valence-electron chi connectivity index (χ1n) is 10.5. The summed E-state index contributed by atoms with van der Waals surface area (Å²) in [6.07, 6.45) is 2.73. The lowest BCUT2D eigenvalue weighted by Gasteiger charge is -2.34. The molecule has 2 aromatic carbocycles. The number of halogens is 1. The van der Waals surface area contributed by atoms with Gasteiger partial charge >= 0.3 is 0 Å². The predicted octanol–water partition coefficient (Wildman–Crippen LogP) is 3.65. The number of aryl methyl sites for hydroxylation is 1. The quantitative estimate of drug-likeness (QED) is 0.482. The highest BCUT2D eigenvalue weighted by Crippen LogP contribution is 2.20. The second-order valence-corrected chi connectivity index (χ2v) is 8.30. The molecule has 1 fully saturated rings. The fourth-order valence-corrected chi connectivity index (χ4v) is 4.52. The van der Waals surface area contributed by atoms with Gasteiger partial charge in [-0.15, -0.1) is 0 Å². The number of amides is 1. The van der Waals surface area contributed by atoms with Gasteiger partial charge in [-0.3, -0.25) is 14.5 Å². The number of benzene rings is 2. The van der Waals surface area contributed by atoms with Gasteiger partial charge in [0.05, 0.1) is 17.6 Å². The van der Waals surface area contributed by atoms with Crippen LogP contribution in [0.15, 0.2) is 71.7 Å². The van der Waals surface area contributed by atoms with E-state index in [-0.39, 0.29) is 11.5 Å². The van der Waals surface area contributed by atoms with E-state index in [0.717, 1.165) is 36.2 Å². The van der Waals surface area contributed by atoms with Gasteiger partial charge in [0.2, 0.25) is 5.91 Å². The number of para-hydroxylation sites is 2. The lowest BCUT2D eigenvalue weighted by atomic mass is 10.2. The van der Waals surface area contributed by atoms with Crippen molar-refractivity contribution in [2.24, 2.45) is 0 Å². The second-order valence-electron chi connectivity index (χ2n) is 7.86. The van der Waals surface area contributed by atoms with E-state index in [9.17, 15) is 9.59 Å². The number of nitrogens with zero attached hydrogens (tertiary/aromatic N) is 4. The SMILES string of the molecule is O=C1CN(CCCn2c(=O)c3cccn3c3ccccc32)CCN1c1ccc(Cl)cc1. The van der Waals surface area contributed by atoms with E-state index in [4.69, 9.17) is 11.6 Å². The fraction of sp³-hybridized carbons (Fsp3) is 0.250. The molecule has 31 heavy (non-hydrogen) atoms. The summed E-state index contributed by atoms with van der Waals surface area (Å²) in [6, 6.07) is 19.1. The Morgan fingerprint density at radius 2 is 1.55 bits per heavy atom. The molecule has 158 valence electrons. The smallest absolute Gasteiger partial charge is 0.275 e. The van der Waals surface area contributed by atoms with Gasteiger partial charge < -0.3 is 13.9 Å². The van der Waals surface area contributed by atoms with Crippen molar-refractivity contribution in [3.63, 3.8) is 0 Å². The first-order chi connectivity index (χ1) is 15.1. The van der Waals surface area contributed by atoms with Crippen LogP contribution in [0.3, 0.4) is 0 Å². The molecule has 0 unspecified atom stereocenters. The maximum atomic E-state index is 13.0. The van der Waals surface area contributed by atoms with Gasteiger partial charge in [-0.1, -0.05) is 23.7 Å². The molecular formula is C24H23ClN4O2. The van der Waals surface area contributed by atoms with Crippen LogP contribution in [0.25, 0.3) is 16.6 Å². The Labute approximate surface area is 184 Å². The van der Waals surface area contributed by atoms with E-state index in [1.807, 2.05) is 68.6 Å². The first kappa shape index (κ1) is 19.8. The second kappa shape index (κ2) is 8.21. The summed E-state index contributed by atoms with van der Waals surface area (Å²) in [5.74, 6) is 0.0887. The molecule has 0 aliphatic carbocycles. The molecule has 0 saturated carbocycles. The number of carbonyl (C=O) groups is 1. The monoisotopic (exact) mass is 434 g/mol. The van der Waals surface area contributed by atoms with Crippen LogP contribution in [-0.4, -0.2) is 46.0 Å². The van der Waals surface area contributed by atoms with E-state index >= 15 is 0 Å². The molecule has 0 atom stereocenters. The van der Waals surface area contributed by atoms with Gasteiger partial charge in [-0.25, -0.2) is 0 Å². The highest BCUT2D eigenvalue weighted by Gasteiger charge is 2.24. The molecule has 0 bridgehead atoms. The highest BCUT2D eigenvalue weighted by atomic mass is 35.5. The van der Waals surface area contributed by atoms with Crippen LogP contribution in [0.5, 0.6) is 0 Å². The van der Waals surface area contributed by atoms with Crippen molar-refractivity contribution in [3.8, 4) is 0 Å². The molecule has 3 heterocycles. The maximum absolute atomic E-state index is 13.0. The zero-order valence-electron chi connectivity index (χ0n) is 17.1. The molecule has 0 radical (unpaired) electrons. The van der Waals surface area contributed by atoms with Crippen molar-refractivity contribution >= 4 is 39.7 Å². The number of rotatable bonds is 5. The van der Waals surface area contributed by atoms with Crippen LogP contribution in [0.2, 0.25) is 5.02 Å². The minimum atomic E-state index is 0.0207. The molecule has 0 spiro atoms. The van der Waals surface area contributed by atoms with Gasteiger partial charge in [-0.2, -0.15) is 0 Å². The Hall–Kier alpha value is -3.09. The van der Waals surface area contributed by atoms with Crippen molar-refractivity contribution in [3.05, 3.63) is 82.2 Å². The van der Waals surface area contributed by atoms with Gasteiger partial charge in [0.25, 0.3) is 5.56 Å². The minimum absolute atomic E-state index is 0.0207. The van der Waals surface area contributed by atoms with E-state index in [1.54, 1.807) is 12.1 Å². The lowest BCUT2D eigenvalue weighted by molar-refractivity contribution is -0.121. The number of anilines is 1. The number of piperazine rings is 1. The van der Waals surface area contributed by atoms with Crippen molar-refractivity contribution in [1.29, 1.82) is 0 Å². The minimum Gasteiger partial charge on any atom is -0.310 e. The summed E-state index contributed by atoms with van der Waals surface area (Å²) in [4.78, 5) is 29.7. The molecule has 1 amide bonds. The van der Waals surface area contributed by atoms with Crippen LogP contribution in [0, 0.1) is 0 Å². The molecule has 5 rings (SSSR count). The third kappa shape index (κ3) is 3.73. The Morgan fingerprint density at radius 3 is 2.32 bits per heavy atom. The molecule has 0 N–H and O–H groups in total. The topological polar surface area (TPSA) is 50.0 Å².